The van der Waals surface area contributed by atoms with Crippen LogP contribution in [0.4, 0.5) is 0 Å². The lowest BCUT2D eigenvalue weighted by atomic mass is 9.98. The number of nitrogens with zero attached hydrogens (tertiary/aromatic N) is 2. The molecule has 2 heterocycles. The van der Waals surface area contributed by atoms with Crippen LogP contribution in [0.15, 0.2) is 36.5 Å². The number of benzene rings is 1. The maximum atomic E-state index is 5.86. The summed E-state index contributed by atoms with van der Waals surface area (Å²) in [5.74, 6) is 0. The van der Waals surface area contributed by atoms with Gasteiger partial charge in [-0.25, -0.2) is 0 Å². The van der Waals surface area contributed by atoms with Crippen molar-refractivity contribution in [2.24, 2.45) is 5.73 Å². The third-order valence-corrected chi connectivity index (χ3v) is 3.35. The number of ether oxygens (including phenoxy) is 1. The monoisotopic (exact) mass is 243 g/mol. The Hall–Kier alpha value is -1.65. The molecule has 1 aliphatic heterocycles. The Morgan fingerprint density at radius 2 is 2.22 bits per heavy atom. The van der Waals surface area contributed by atoms with Crippen molar-refractivity contribution in [3.63, 3.8) is 0 Å². The number of fused-ring (bicyclic) bond motifs is 1. The zero-order chi connectivity index (χ0) is 12.4. The first-order valence-corrected chi connectivity index (χ1v) is 6.28. The molecule has 1 atom stereocenters. The number of nitrogens with two attached hydrogens (primary N) is 1. The summed E-state index contributed by atoms with van der Waals surface area (Å²) in [5, 5.41) is 4.41. The molecule has 4 heteroatoms. The predicted molar refractivity (Wildman–Crippen MR) is 69.0 cm³/mol. The summed E-state index contributed by atoms with van der Waals surface area (Å²) in [6, 6.07) is 10.4. The maximum absolute atomic E-state index is 5.86. The van der Waals surface area contributed by atoms with Gasteiger partial charge in [0.05, 0.1) is 18.8 Å². The lowest BCUT2D eigenvalue weighted by Crippen LogP contribution is -2.21. The van der Waals surface area contributed by atoms with E-state index in [-0.39, 0.29) is 6.10 Å². The second-order valence-corrected chi connectivity index (χ2v) is 4.54. The quantitative estimate of drug-likeness (QED) is 0.892. The standard InChI is InChI=1S/C14H17N3O/c15-9-12-5-7-17(16-12)10-14-13-4-2-1-3-11(13)6-8-18-14/h1-5,7,14H,6,8-10,15H2. The summed E-state index contributed by atoms with van der Waals surface area (Å²) in [7, 11) is 0. The van der Waals surface area contributed by atoms with Gasteiger partial charge in [-0.15, -0.1) is 0 Å². The lowest BCUT2D eigenvalue weighted by molar-refractivity contribution is 0.0282. The van der Waals surface area contributed by atoms with Crippen LogP contribution >= 0.6 is 0 Å². The summed E-state index contributed by atoms with van der Waals surface area (Å²) in [6.45, 7) is 2.01. The van der Waals surface area contributed by atoms with E-state index < -0.39 is 0 Å². The highest BCUT2D eigenvalue weighted by Crippen LogP contribution is 2.27. The van der Waals surface area contributed by atoms with Crippen molar-refractivity contribution in [2.45, 2.75) is 25.6 Å². The van der Waals surface area contributed by atoms with Crippen LogP contribution in [-0.4, -0.2) is 16.4 Å². The molecular formula is C14H17N3O. The minimum atomic E-state index is 0.0977. The summed E-state index contributed by atoms with van der Waals surface area (Å²) in [5.41, 5.74) is 9.16. The molecule has 0 saturated carbocycles. The molecule has 2 N–H and O–H groups in total. The van der Waals surface area contributed by atoms with Crippen molar-refractivity contribution in [3.05, 3.63) is 53.3 Å². The van der Waals surface area contributed by atoms with Gasteiger partial charge in [-0.05, 0) is 23.6 Å². The first kappa shape index (κ1) is 11.4. The molecule has 0 aliphatic carbocycles. The molecule has 0 radical (unpaired) electrons. The van der Waals surface area contributed by atoms with Crippen molar-refractivity contribution in [3.8, 4) is 0 Å². The van der Waals surface area contributed by atoms with Crippen LogP contribution in [0.25, 0.3) is 0 Å². The zero-order valence-corrected chi connectivity index (χ0v) is 10.2. The number of hydrogen-bond donors (Lipinski definition) is 1. The van der Waals surface area contributed by atoms with Gasteiger partial charge in [0.15, 0.2) is 0 Å². The number of rotatable bonds is 3. The maximum Gasteiger partial charge on any atom is 0.102 e. The number of aromatic nitrogens is 2. The summed E-state index contributed by atoms with van der Waals surface area (Å²) < 4.78 is 7.77. The Balaban J connectivity index is 1.81. The Labute approximate surface area is 106 Å². The minimum Gasteiger partial charge on any atom is -0.371 e. The highest BCUT2D eigenvalue weighted by atomic mass is 16.5. The van der Waals surface area contributed by atoms with Gasteiger partial charge < -0.3 is 10.5 Å². The fourth-order valence-electron chi connectivity index (χ4n) is 2.41. The van der Waals surface area contributed by atoms with Crippen molar-refractivity contribution in [1.29, 1.82) is 0 Å². The molecule has 3 rings (SSSR count). The zero-order valence-electron chi connectivity index (χ0n) is 10.2. The summed E-state index contributed by atoms with van der Waals surface area (Å²) in [4.78, 5) is 0. The van der Waals surface area contributed by atoms with Crippen LogP contribution in [0.5, 0.6) is 0 Å². The third kappa shape index (κ3) is 2.17. The van der Waals surface area contributed by atoms with E-state index in [1.165, 1.54) is 11.1 Å². The van der Waals surface area contributed by atoms with Crippen molar-refractivity contribution in [1.82, 2.24) is 9.78 Å². The van der Waals surface area contributed by atoms with E-state index in [1.54, 1.807) is 0 Å². The van der Waals surface area contributed by atoms with Crippen molar-refractivity contribution >= 4 is 0 Å². The smallest absolute Gasteiger partial charge is 0.102 e. The Morgan fingerprint density at radius 1 is 1.33 bits per heavy atom. The van der Waals surface area contributed by atoms with Gasteiger partial charge in [-0.1, -0.05) is 24.3 Å². The van der Waals surface area contributed by atoms with Crippen molar-refractivity contribution in [2.75, 3.05) is 6.61 Å². The number of hydrogen-bond acceptors (Lipinski definition) is 3. The largest absolute Gasteiger partial charge is 0.371 e. The third-order valence-electron chi connectivity index (χ3n) is 3.35. The molecule has 18 heavy (non-hydrogen) atoms. The first-order chi connectivity index (χ1) is 8.86. The molecule has 0 spiro atoms. The average molecular weight is 243 g/mol. The van der Waals surface area contributed by atoms with Gasteiger partial charge in [0.1, 0.15) is 6.10 Å². The molecule has 94 valence electrons. The Kier molecular flexibility index (Phi) is 3.13. The van der Waals surface area contributed by atoms with Crippen LogP contribution in [0.2, 0.25) is 0 Å². The molecule has 1 unspecified atom stereocenters. The Bertz CT molecular complexity index is 535. The highest BCUT2D eigenvalue weighted by Gasteiger charge is 2.20. The van der Waals surface area contributed by atoms with Gasteiger partial charge in [0, 0.05) is 12.7 Å². The molecule has 0 fully saturated rings. The van der Waals surface area contributed by atoms with Gasteiger partial charge in [0.2, 0.25) is 0 Å². The molecule has 0 saturated heterocycles. The topological polar surface area (TPSA) is 53.1 Å². The van der Waals surface area contributed by atoms with Crippen LogP contribution in [0.3, 0.4) is 0 Å². The van der Waals surface area contributed by atoms with E-state index >= 15 is 0 Å². The van der Waals surface area contributed by atoms with E-state index in [0.717, 1.165) is 25.3 Å². The average Bonchev–Trinajstić information content (AvgIpc) is 2.87. The van der Waals surface area contributed by atoms with E-state index in [9.17, 15) is 0 Å². The van der Waals surface area contributed by atoms with Crippen molar-refractivity contribution < 1.29 is 4.74 Å². The Morgan fingerprint density at radius 3 is 3.06 bits per heavy atom. The van der Waals surface area contributed by atoms with Crippen LogP contribution < -0.4 is 5.73 Å². The first-order valence-electron chi connectivity index (χ1n) is 6.28. The molecule has 0 amide bonds. The molecule has 1 aromatic heterocycles. The van der Waals surface area contributed by atoms with Crippen LogP contribution in [0, 0.1) is 0 Å². The van der Waals surface area contributed by atoms with E-state index in [0.29, 0.717) is 6.54 Å². The van der Waals surface area contributed by atoms with Gasteiger partial charge in [-0.2, -0.15) is 5.10 Å². The van der Waals surface area contributed by atoms with E-state index in [1.807, 2.05) is 16.9 Å². The van der Waals surface area contributed by atoms with E-state index in [2.05, 4.69) is 29.4 Å². The minimum absolute atomic E-state index is 0.0977. The van der Waals surface area contributed by atoms with Crippen LogP contribution in [-0.2, 0) is 24.2 Å². The molecule has 1 aromatic carbocycles. The van der Waals surface area contributed by atoms with E-state index in [4.69, 9.17) is 10.5 Å². The summed E-state index contributed by atoms with van der Waals surface area (Å²) >= 11 is 0. The fourth-order valence-corrected chi connectivity index (χ4v) is 2.41. The normalized spacial score (nSPS) is 18.6. The second-order valence-electron chi connectivity index (χ2n) is 4.54. The summed E-state index contributed by atoms with van der Waals surface area (Å²) in [6.07, 6.45) is 3.06. The SMILES string of the molecule is NCc1ccn(CC2OCCc3ccccc32)n1. The second kappa shape index (κ2) is 4.92. The fraction of sp³-hybridized carbons (Fsp3) is 0.357. The van der Waals surface area contributed by atoms with Gasteiger partial charge >= 0.3 is 0 Å². The van der Waals surface area contributed by atoms with Gasteiger partial charge in [-0.3, -0.25) is 4.68 Å². The molecule has 4 nitrogen and oxygen atoms in total. The molecular weight excluding hydrogens is 226 g/mol. The predicted octanol–water partition coefficient (Wildman–Crippen LogP) is 1.66. The van der Waals surface area contributed by atoms with Crippen LogP contribution in [0.1, 0.15) is 22.9 Å². The highest BCUT2D eigenvalue weighted by molar-refractivity contribution is 5.30. The molecule has 1 aliphatic rings. The molecule has 0 bridgehead atoms. The van der Waals surface area contributed by atoms with Gasteiger partial charge in [0.25, 0.3) is 0 Å². The lowest BCUT2D eigenvalue weighted by Gasteiger charge is -2.25. The molecule has 2 aromatic rings.